The number of carbonyl (C=O) groups excluding carboxylic acids is 2. The Labute approximate surface area is 165 Å². The summed E-state index contributed by atoms with van der Waals surface area (Å²) >= 11 is 0. The molecule has 2 N–H and O–H groups in total. The van der Waals surface area contributed by atoms with E-state index < -0.39 is 12.0 Å². The Morgan fingerprint density at radius 2 is 1.86 bits per heavy atom. The van der Waals surface area contributed by atoms with E-state index in [9.17, 15) is 14.4 Å². The minimum Gasteiger partial charge on any atom is -0.496 e. The highest BCUT2D eigenvalue weighted by molar-refractivity contribution is 5.92. The zero-order valence-electron chi connectivity index (χ0n) is 16.8. The topological polar surface area (TPSA) is 95.9 Å². The summed E-state index contributed by atoms with van der Waals surface area (Å²) in [6, 6.07) is 2.89. The first-order chi connectivity index (χ1) is 13.2. The van der Waals surface area contributed by atoms with Gasteiger partial charge in [0.1, 0.15) is 11.8 Å². The second-order valence-electron chi connectivity index (χ2n) is 7.11. The fraction of sp³-hybridized carbons (Fsp3) is 0.476. The van der Waals surface area contributed by atoms with Gasteiger partial charge in [-0.05, 0) is 62.4 Å². The molecule has 1 aromatic carbocycles. The smallest absolute Gasteiger partial charge is 0.325 e. The Kier molecular flexibility index (Phi) is 7.20. The van der Waals surface area contributed by atoms with E-state index in [1.165, 1.54) is 6.92 Å². The van der Waals surface area contributed by atoms with Crippen molar-refractivity contribution in [3.63, 3.8) is 0 Å². The molecule has 7 heteroatoms. The molecule has 28 heavy (non-hydrogen) atoms. The van der Waals surface area contributed by atoms with Gasteiger partial charge in [-0.15, -0.1) is 0 Å². The van der Waals surface area contributed by atoms with Crippen LogP contribution in [-0.4, -0.2) is 54.0 Å². The van der Waals surface area contributed by atoms with Crippen LogP contribution in [0.3, 0.4) is 0 Å². The summed E-state index contributed by atoms with van der Waals surface area (Å²) in [7, 11) is 1.63. The third-order valence-corrected chi connectivity index (χ3v) is 5.31. The summed E-state index contributed by atoms with van der Waals surface area (Å²) in [4.78, 5) is 37.2. The average Bonchev–Trinajstić information content (AvgIpc) is 2.68. The maximum Gasteiger partial charge on any atom is 0.325 e. The Hall–Kier alpha value is -2.83. The van der Waals surface area contributed by atoms with Gasteiger partial charge in [-0.1, -0.05) is 6.07 Å². The van der Waals surface area contributed by atoms with Gasteiger partial charge in [0, 0.05) is 25.1 Å². The molecule has 0 aliphatic carbocycles. The highest BCUT2D eigenvalue weighted by atomic mass is 16.5. The highest BCUT2D eigenvalue weighted by Crippen LogP contribution is 2.25. The fourth-order valence-corrected chi connectivity index (χ4v) is 3.24. The number of likely N-dealkylation sites (tertiary alicyclic amines) is 1. The van der Waals surface area contributed by atoms with Gasteiger partial charge < -0.3 is 20.1 Å². The molecule has 0 aromatic heterocycles. The van der Waals surface area contributed by atoms with E-state index in [1.807, 2.05) is 26.0 Å². The number of amides is 2. The number of rotatable bonds is 6. The van der Waals surface area contributed by atoms with Gasteiger partial charge in [0.2, 0.25) is 11.8 Å². The van der Waals surface area contributed by atoms with Crippen molar-refractivity contribution in [1.29, 1.82) is 0 Å². The molecule has 1 atom stereocenters. The molecule has 0 radical (unpaired) electrons. The van der Waals surface area contributed by atoms with Crippen molar-refractivity contribution in [3.05, 3.63) is 34.9 Å². The number of nitrogens with zero attached hydrogens (tertiary/aromatic N) is 1. The Balaban J connectivity index is 1.92. The van der Waals surface area contributed by atoms with E-state index in [0.717, 1.165) is 22.4 Å². The van der Waals surface area contributed by atoms with Gasteiger partial charge in [0.25, 0.3) is 0 Å². The summed E-state index contributed by atoms with van der Waals surface area (Å²) in [6.07, 6.45) is 4.41. The van der Waals surface area contributed by atoms with Crippen LogP contribution in [0.4, 0.5) is 0 Å². The van der Waals surface area contributed by atoms with E-state index in [2.05, 4.69) is 5.32 Å². The van der Waals surface area contributed by atoms with Crippen LogP contribution in [0.5, 0.6) is 5.75 Å². The van der Waals surface area contributed by atoms with Crippen molar-refractivity contribution in [2.24, 2.45) is 5.92 Å². The summed E-state index contributed by atoms with van der Waals surface area (Å²) in [5, 5.41) is 11.4. The second-order valence-corrected chi connectivity index (χ2v) is 7.11. The second kappa shape index (κ2) is 9.39. The molecule has 1 aromatic rings. The number of benzene rings is 1. The number of hydrogen-bond acceptors (Lipinski definition) is 4. The van der Waals surface area contributed by atoms with E-state index in [-0.39, 0.29) is 17.7 Å². The molecular weight excluding hydrogens is 360 g/mol. The summed E-state index contributed by atoms with van der Waals surface area (Å²) in [5.41, 5.74) is 3.06. The number of nitrogens with one attached hydrogen (secondary N) is 1. The van der Waals surface area contributed by atoms with Crippen molar-refractivity contribution < 1.29 is 24.2 Å². The molecule has 0 spiro atoms. The molecule has 2 rings (SSSR count). The van der Waals surface area contributed by atoms with Crippen LogP contribution < -0.4 is 10.1 Å². The largest absolute Gasteiger partial charge is 0.496 e. The van der Waals surface area contributed by atoms with E-state index in [0.29, 0.717) is 25.9 Å². The first-order valence-electron chi connectivity index (χ1n) is 9.39. The summed E-state index contributed by atoms with van der Waals surface area (Å²) < 4.78 is 5.30. The third kappa shape index (κ3) is 5.12. The lowest BCUT2D eigenvalue weighted by molar-refractivity contribution is -0.142. The van der Waals surface area contributed by atoms with Crippen molar-refractivity contribution in [1.82, 2.24) is 10.2 Å². The van der Waals surface area contributed by atoms with E-state index in [1.54, 1.807) is 24.2 Å². The molecule has 1 unspecified atom stereocenters. The molecule has 1 fully saturated rings. The van der Waals surface area contributed by atoms with E-state index >= 15 is 0 Å². The molecule has 0 bridgehead atoms. The predicted molar refractivity (Wildman–Crippen MR) is 106 cm³/mol. The number of methoxy groups -OCH3 is 1. The number of carboxylic acid groups (broad SMARTS) is 1. The third-order valence-electron chi connectivity index (χ3n) is 5.31. The normalized spacial score (nSPS) is 16.1. The zero-order valence-corrected chi connectivity index (χ0v) is 16.8. The maximum atomic E-state index is 12.5. The number of aliphatic carboxylic acids is 1. The number of ether oxygens (including phenoxy) is 1. The van der Waals surface area contributed by atoms with Crippen LogP contribution in [0.25, 0.3) is 6.08 Å². The van der Waals surface area contributed by atoms with Gasteiger partial charge in [-0.3, -0.25) is 14.4 Å². The van der Waals surface area contributed by atoms with Gasteiger partial charge in [0.05, 0.1) is 7.11 Å². The number of hydrogen-bond donors (Lipinski definition) is 2. The summed E-state index contributed by atoms with van der Waals surface area (Å²) in [6.45, 7) is 6.36. The molecule has 1 aliphatic rings. The molecule has 0 saturated carbocycles. The van der Waals surface area contributed by atoms with Crippen LogP contribution in [0, 0.1) is 19.8 Å². The zero-order chi connectivity index (χ0) is 20.8. The predicted octanol–water partition coefficient (Wildman–Crippen LogP) is 2.15. The van der Waals surface area contributed by atoms with Crippen LogP contribution in [-0.2, 0) is 14.4 Å². The minimum atomic E-state index is -1.06. The minimum absolute atomic E-state index is 0.0920. The first kappa shape index (κ1) is 21.5. The molecule has 1 saturated heterocycles. The first-order valence-corrected chi connectivity index (χ1v) is 9.39. The lowest BCUT2D eigenvalue weighted by atomic mass is 9.95. The van der Waals surface area contributed by atoms with Gasteiger partial charge >= 0.3 is 5.97 Å². The van der Waals surface area contributed by atoms with E-state index in [4.69, 9.17) is 9.84 Å². The van der Waals surface area contributed by atoms with Gasteiger partial charge in [0.15, 0.2) is 0 Å². The molecule has 1 aliphatic heterocycles. The monoisotopic (exact) mass is 388 g/mol. The lowest BCUT2D eigenvalue weighted by Crippen LogP contribution is -2.46. The highest BCUT2D eigenvalue weighted by Gasteiger charge is 2.28. The van der Waals surface area contributed by atoms with Crippen molar-refractivity contribution >= 4 is 23.9 Å². The quantitative estimate of drug-likeness (QED) is 0.728. The lowest BCUT2D eigenvalue weighted by Gasteiger charge is -2.31. The molecule has 152 valence electrons. The summed E-state index contributed by atoms with van der Waals surface area (Å²) in [5.74, 6) is -0.859. The Morgan fingerprint density at radius 3 is 2.43 bits per heavy atom. The number of carboxylic acids is 1. The number of piperidine rings is 1. The standard InChI is InChI=1S/C21H28N2O5/c1-13-14(2)18(28-4)7-5-16(13)6-8-19(24)23-11-9-17(10-12-23)20(25)22-15(3)21(26)27/h5-8,15,17H,9-12H2,1-4H3,(H,22,25)(H,26,27). The number of carbonyl (C=O) groups is 3. The fourth-order valence-electron chi connectivity index (χ4n) is 3.24. The Morgan fingerprint density at radius 1 is 1.21 bits per heavy atom. The van der Waals surface area contributed by atoms with Crippen molar-refractivity contribution in [3.8, 4) is 5.75 Å². The van der Waals surface area contributed by atoms with Crippen LogP contribution in [0.15, 0.2) is 18.2 Å². The van der Waals surface area contributed by atoms with Crippen LogP contribution >= 0.6 is 0 Å². The Bertz CT molecular complexity index is 779. The molecule has 1 heterocycles. The SMILES string of the molecule is COc1ccc(C=CC(=O)N2CCC(C(=O)NC(C)C(=O)O)CC2)c(C)c1C. The molecule has 2 amide bonds. The molecule has 7 nitrogen and oxygen atoms in total. The van der Waals surface area contributed by atoms with Crippen molar-refractivity contribution in [2.75, 3.05) is 20.2 Å². The maximum absolute atomic E-state index is 12.5. The van der Waals surface area contributed by atoms with Crippen LogP contribution in [0.2, 0.25) is 0 Å². The molecular formula is C21H28N2O5. The van der Waals surface area contributed by atoms with Crippen LogP contribution in [0.1, 0.15) is 36.5 Å². The van der Waals surface area contributed by atoms with Gasteiger partial charge in [-0.25, -0.2) is 0 Å². The van der Waals surface area contributed by atoms with Gasteiger partial charge in [-0.2, -0.15) is 0 Å². The average molecular weight is 388 g/mol. The van der Waals surface area contributed by atoms with Crippen molar-refractivity contribution in [2.45, 2.75) is 39.7 Å².